The van der Waals surface area contributed by atoms with Crippen molar-refractivity contribution in [3.63, 3.8) is 0 Å². The molecule has 0 saturated carbocycles. The Balaban J connectivity index is 2.11. The zero-order valence-electron chi connectivity index (χ0n) is 8.44. The molecule has 3 nitrogen and oxygen atoms in total. The van der Waals surface area contributed by atoms with Gasteiger partial charge in [0, 0.05) is 6.54 Å². The van der Waals surface area contributed by atoms with Crippen LogP contribution < -0.4 is 0 Å². The van der Waals surface area contributed by atoms with Crippen LogP contribution >= 0.6 is 0 Å². The Morgan fingerprint density at radius 3 is 2.50 bits per heavy atom. The van der Waals surface area contributed by atoms with Crippen LogP contribution in [-0.2, 0) is 11.3 Å². The van der Waals surface area contributed by atoms with Gasteiger partial charge >= 0.3 is 5.92 Å². The van der Waals surface area contributed by atoms with E-state index in [0.717, 1.165) is 10.5 Å². The van der Waals surface area contributed by atoms with Gasteiger partial charge in [0.25, 0.3) is 5.91 Å². The second-order valence-corrected chi connectivity index (χ2v) is 3.81. The third-order valence-electron chi connectivity index (χ3n) is 2.60. The summed E-state index contributed by atoms with van der Waals surface area (Å²) in [5, 5.41) is 9.06. The van der Waals surface area contributed by atoms with E-state index in [1.807, 2.05) is 0 Å². The van der Waals surface area contributed by atoms with E-state index >= 15 is 0 Å². The molecular formula is C11H11F2NO2. The smallest absolute Gasteiger partial charge is 0.351 e. The Morgan fingerprint density at radius 1 is 1.38 bits per heavy atom. The summed E-state index contributed by atoms with van der Waals surface area (Å²) in [6.07, 6.45) is -1.90. The molecule has 5 heteroatoms. The van der Waals surface area contributed by atoms with Gasteiger partial charge < -0.3 is 10.0 Å². The number of hydrogen-bond donors (Lipinski definition) is 1. The van der Waals surface area contributed by atoms with Crippen LogP contribution in [0.1, 0.15) is 5.56 Å². The van der Waals surface area contributed by atoms with Crippen LogP contribution in [0.5, 0.6) is 0 Å². The molecule has 0 aliphatic carbocycles. The molecule has 0 spiro atoms. The number of carbonyl (C=O) groups is 1. The Kier molecular flexibility index (Phi) is 2.63. The second-order valence-electron chi connectivity index (χ2n) is 3.81. The molecule has 16 heavy (non-hydrogen) atoms. The quantitative estimate of drug-likeness (QED) is 0.819. The van der Waals surface area contributed by atoms with E-state index < -0.39 is 17.9 Å². The number of benzene rings is 1. The zero-order valence-corrected chi connectivity index (χ0v) is 8.44. The van der Waals surface area contributed by atoms with Crippen molar-refractivity contribution in [2.45, 2.75) is 18.6 Å². The fourth-order valence-corrected chi connectivity index (χ4v) is 1.70. The van der Waals surface area contributed by atoms with Gasteiger partial charge in [0.2, 0.25) is 0 Å². The molecule has 0 radical (unpaired) electrons. The zero-order chi connectivity index (χ0) is 11.8. The van der Waals surface area contributed by atoms with E-state index in [2.05, 4.69) is 0 Å². The minimum absolute atomic E-state index is 0.103. The predicted octanol–water partition coefficient (Wildman–Crippen LogP) is 1.02. The lowest BCUT2D eigenvalue weighted by Crippen LogP contribution is -2.36. The van der Waals surface area contributed by atoms with Crippen molar-refractivity contribution in [2.24, 2.45) is 0 Å². The highest BCUT2D eigenvalue weighted by Gasteiger charge is 2.55. The molecule has 1 amide bonds. The average molecular weight is 227 g/mol. The maximum atomic E-state index is 13.0. The van der Waals surface area contributed by atoms with Gasteiger partial charge in [0.1, 0.15) is 6.10 Å². The number of alkyl halides is 2. The minimum atomic E-state index is -3.64. The van der Waals surface area contributed by atoms with Crippen LogP contribution in [0.2, 0.25) is 0 Å². The van der Waals surface area contributed by atoms with Crippen LogP contribution in [0, 0.1) is 0 Å². The van der Waals surface area contributed by atoms with Gasteiger partial charge in [-0.25, -0.2) is 0 Å². The lowest BCUT2D eigenvalue weighted by molar-refractivity contribution is -0.155. The summed E-state index contributed by atoms with van der Waals surface area (Å²) in [4.78, 5) is 12.2. The van der Waals surface area contributed by atoms with Gasteiger partial charge in [0.15, 0.2) is 0 Å². The summed E-state index contributed by atoms with van der Waals surface area (Å²) in [6, 6.07) is 8.83. The summed E-state index contributed by atoms with van der Waals surface area (Å²) >= 11 is 0. The highest BCUT2D eigenvalue weighted by molar-refractivity contribution is 5.86. The summed E-state index contributed by atoms with van der Waals surface area (Å²) in [5.74, 6) is -4.95. The van der Waals surface area contributed by atoms with Gasteiger partial charge in [0.05, 0.1) is 6.54 Å². The van der Waals surface area contributed by atoms with Crippen molar-refractivity contribution in [3.05, 3.63) is 35.9 Å². The van der Waals surface area contributed by atoms with E-state index in [1.165, 1.54) is 0 Å². The number of rotatable bonds is 2. The average Bonchev–Trinajstić information content (AvgIpc) is 2.45. The number of amides is 1. The number of hydrogen-bond acceptors (Lipinski definition) is 2. The van der Waals surface area contributed by atoms with Crippen molar-refractivity contribution in [2.75, 3.05) is 6.54 Å². The number of likely N-dealkylation sites (tertiary alicyclic amines) is 1. The van der Waals surface area contributed by atoms with E-state index in [9.17, 15) is 13.6 Å². The van der Waals surface area contributed by atoms with Gasteiger partial charge in [-0.15, -0.1) is 0 Å². The minimum Gasteiger partial charge on any atom is -0.384 e. The van der Waals surface area contributed by atoms with E-state index in [4.69, 9.17) is 5.11 Å². The number of aliphatic hydroxyl groups excluding tert-OH is 1. The first kappa shape index (κ1) is 11.0. The molecule has 1 heterocycles. The molecule has 0 aromatic heterocycles. The molecule has 2 rings (SSSR count). The van der Waals surface area contributed by atoms with Gasteiger partial charge in [-0.3, -0.25) is 4.79 Å². The third kappa shape index (κ3) is 1.78. The molecule has 1 aromatic carbocycles. The van der Waals surface area contributed by atoms with Crippen LogP contribution in [0.4, 0.5) is 8.78 Å². The molecule has 0 bridgehead atoms. The fourth-order valence-electron chi connectivity index (χ4n) is 1.70. The summed E-state index contributed by atoms with van der Waals surface area (Å²) in [7, 11) is 0. The van der Waals surface area contributed by atoms with Gasteiger partial charge in [-0.1, -0.05) is 30.3 Å². The van der Waals surface area contributed by atoms with Gasteiger partial charge in [-0.05, 0) is 5.56 Å². The summed E-state index contributed by atoms with van der Waals surface area (Å²) in [5.41, 5.74) is 0.765. The molecule has 1 aromatic rings. The molecule has 1 aliphatic heterocycles. The monoisotopic (exact) mass is 227 g/mol. The molecule has 1 fully saturated rings. The number of nitrogens with zero attached hydrogens (tertiary/aromatic N) is 1. The van der Waals surface area contributed by atoms with Crippen molar-refractivity contribution in [1.82, 2.24) is 4.90 Å². The van der Waals surface area contributed by atoms with E-state index in [0.29, 0.717) is 0 Å². The summed E-state index contributed by atoms with van der Waals surface area (Å²) in [6.45, 7) is -0.215. The van der Waals surface area contributed by atoms with Crippen molar-refractivity contribution >= 4 is 5.91 Å². The molecule has 1 unspecified atom stereocenters. The largest absolute Gasteiger partial charge is 0.384 e. The maximum Gasteiger partial charge on any atom is 0.351 e. The molecular weight excluding hydrogens is 216 g/mol. The Labute approximate surface area is 91.3 Å². The van der Waals surface area contributed by atoms with E-state index in [-0.39, 0.29) is 13.1 Å². The van der Waals surface area contributed by atoms with Gasteiger partial charge in [-0.2, -0.15) is 8.78 Å². The van der Waals surface area contributed by atoms with Crippen LogP contribution in [0.3, 0.4) is 0 Å². The van der Waals surface area contributed by atoms with Crippen LogP contribution in [0.25, 0.3) is 0 Å². The molecule has 1 aliphatic rings. The number of aliphatic hydroxyl groups is 1. The second kappa shape index (κ2) is 3.83. The first-order valence-corrected chi connectivity index (χ1v) is 4.91. The van der Waals surface area contributed by atoms with Crippen molar-refractivity contribution in [1.29, 1.82) is 0 Å². The number of carbonyl (C=O) groups excluding carboxylic acids is 1. The molecule has 1 N–H and O–H groups in total. The van der Waals surface area contributed by atoms with Crippen LogP contribution in [0.15, 0.2) is 30.3 Å². The topological polar surface area (TPSA) is 40.5 Å². The summed E-state index contributed by atoms with van der Waals surface area (Å²) < 4.78 is 26.1. The van der Waals surface area contributed by atoms with Crippen LogP contribution in [-0.4, -0.2) is 34.5 Å². The normalized spacial score (nSPS) is 23.8. The number of β-amino-alcohol motifs (C(OH)–C–C–N with tert-alkyl or cyclic N) is 1. The predicted molar refractivity (Wildman–Crippen MR) is 52.8 cm³/mol. The highest BCUT2D eigenvalue weighted by Crippen LogP contribution is 2.29. The molecule has 1 atom stereocenters. The third-order valence-corrected chi connectivity index (χ3v) is 2.60. The highest BCUT2D eigenvalue weighted by atomic mass is 19.3. The van der Waals surface area contributed by atoms with Crippen molar-refractivity contribution < 1.29 is 18.7 Å². The Morgan fingerprint density at radius 2 is 2.00 bits per heavy atom. The van der Waals surface area contributed by atoms with Crippen molar-refractivity contribution in [3.8, 4) is 0 Å². The maximum absolute atomic E-state index is 13.0. The SMILES string of the molecule is O=C1N(Cc2ccccc2)CC(O)C1(F)F. The van der Waals surface area contributed by atoms with E-state index in [1.54, 1.807) is 30.3 Å². The standard InChI is InChI=1S/C11H11F2NO2/c12-11(13)9(15)7-14(10(11)16)6-8-4-2-1-3-5-8/h1-5,9,15H,6-7H2. The first-order chi connectivity index (χ1) is 7.51. The Bertz CT molecular complexity index is 394. The molecule has 1 saturated heterocycles. The lowest BCUT2D eigenvalue weighted by Gasteiger charge is -2.15. The first-order valence-electron chi connectivity index (χ1n) is 4.91. The Hall–Kier alpha value is -1.49. The fraction of sp³-hybridized carbons (Fsp3) is 0.364. The number of halogens is 2. The lowest BCUT2D eigenvalue weighted by atomic mass is 10.2. The molecule has 86 valence electrons.